The summed E-state index contributed by atoms with van der Waals surface area (Å²) in [5.41, 5.74) is 2.90. The number of methoxy groups -OCH3 is 1. The minimum Gasteiger partial charge on any atom is -0.495 e. The van der Waals surface area contributed by atoms with Crippen LogP contribution in [-0.4, -0.2) is 29.7 Å². The van der Waals surface area contributed by atoms with Gasteiger partial charge in [0.1, 0.15) is 10.6 Å². The number of rotatable bonds is 3. The summed E-state index contributed by atoms with van der Waals surface area (Å²) in [5.74, 6) is -0.118. The van der Waals surface area contributed by atoms with Gasteiger partial charge in [-0.25, -0.2) is 4.79 Å². The van der Waals surface area contributed by atoms with Crippen molar-refractivity contribution in [3.8, 4) is 5.75 Å². The first-order chi connectivity index (χ1) is 9.19. The molecule has 98 valence electrons. The highest BCUT2D eigenvalue weighted by Gasteiger charge is 2.22. The zero-order chi connectivity index (χ0) is 13.4. The summed E-state index contributed by atoms with van der Waals surface area (Å²) in [7, 11) is 1.62. The third-order valence-corrected chi connectivity index (χ3v) is 4.09. The molecule has 6 heteroatoms. The highest BCUT2D eigenvalue weighted by Crippen LogP contribution is 2.39. The Labute approximate surface area is 113 Å². The highest BCUT2D eigenvalue weighted by molar-refractivity contribution is 7.18. The monoisotopic (exact) mass is 276 g/mol. The second kappa shape index (κ2) is 4.47. The van der Waals surface area contributed by atoms with Crippen LogP contribution in [-0.2, 0) is 0 Å². The largest absolute Gasteiger partial charge is 0.495 e. The smallest absolute Gasteiger partial charge is 0.345 e. The number of anilines is 1. The van der Waals surface area contributed by atoms with Crippen molar-refractivity contribution in [2.45, 2.75) is 0 Å². The Morgan fingerprint density at radius 2 is 2.42 bits per heavy atom. The summed E-state index contributed by atoms with van der Waals surface area (Å²) < 4.78 is 5.24. The zero-order valence-electron chi connectivity index (χ0n) is 10.2. The lowest BCUT2D eigenvalue weighted by molar-refractivity contribution is 0.0702. The van der Waals surface area contributed by atoms with E-state index in [1.54, 1.807) is 13.2 Å². The van der Waals surface area contributed by atoms with E-state index in [0.717, 1.165) is 27.6 Å². The summed E-state index contributed by atoms with van der Waals surface area (Å²) in [6.07, 6.45) is 3.79. The van der Waals surface area contributed by atoms with E-state index in [1.165, 1.54) is 11.3 Å². The van der Waals surface area contributed by atoms with Crippen LogP contribution in [0.25, 0.3) is 11.6 Å². The van der Waals surface area contributed by atoms with Crippen LogP contribution in [0.3, 0.4) is 0 Å². The number of carboxylic acids is 1. The molecule has 0 aliphatic carbocycles. The Hall–Kier alpha value is -2.21. The Morgan fingerprint density at radius 1 is 1.58 bits per heavy atom. The van der Waals surface area contributed by atoms with Crippen molar-refractivity contribution < 1.29 is 14.6 Å². The van der Waals surface area contributed by atoms with Crippen LogP contribution in [0, 0.1) is 0 Å². The van der Waals surface area contributed by atoms with Gasteiger partial charge in [0.05, 0.1) is 17.8 Å². The molecule has 3 heterocycles. The summed E-state index contributed by atoms with van der Waals surface area (Å²) >= 11 is 1.26. The van der Waals surface area contributed by atoms with E-state index in [4.69, 9.17) is 9.84 Å². The number of aromatic carboxylic acids is 1. The number of aromatic amines is 1. The van der Waals surface area contributed by atoms with Gasteiger partial charge in [-0.05, 0) is 23.8 Å². The van der Waals surface area contributed by atoms with Gasteiger partial charge in [0.2, 0.25) is 0 Å². The third-order valence-electron chi connectivity index (χ3n) is 3.01. The SMILES string of the molecule is COc1cc[nH]c1/C=C1/CNc2sc(C(=O)O)cc21. The van der Waals surface area contributed by atoms with Gasteiger partial charge in [-0.2, -0.15) is 0 Å². The molecule has 0 unspecified atom stereocenters. The fourth-order valence-electron chi connectivity index (χ4n) is 2.10. The summed E-state index contributed by atoms with van der Waals surface area (Å²) in [5, 5.41) is 13.1. The molecule has 0 saturated heterocycles. The van der Waals surface area contributed by atoms with Gasteiger partial charge in [-0.15, -0.1) is 11.3 Å². The molecule has 0 radical (unpaired) electrons. The lowest BCUT2D eigenvalue weighted by atomic mass is 10.1. The van der Waals surface area contributed by atoms with Crippen LogP contribution in [0.2, 0.25) is 0 Å². The molecule has 0 bridgehead atoms. The number of thiophene rings is 1. The van der Waals surface area contributed by atoms with Crippen molar-refractivity contribution >= 4 is 34.0 Å². The molecule has 0 aromatic carbocycles. The van der Waals surface area contributed by atoms with Gasteiger partial charge in [-0.3, -0.25) is 0 Å². The van der Waals surface area contributed by atoms with Crippen molar-refractivity contribution in [2.24, 2.45) is 0 Å². The fourth-order valence-corrected chi connectivity index (χ4v) is 3.03. The molecular formula is C13H12N2O3S. The van der Waals surface area contributed by atoms with Crippen LogP contribution in [0.4, 0.5) is 5.00 Å². The van der Waals surface area contributed by atoms with E-state index in [2.05, 4.69) is 10.3 Å². The second-order valence-electron chi connectivity index (χ2n) is 4.14. The van der Waals surface area contributed by atoms with Gasteiger partial charge in [0, 0.05) is 18.3 Å². The fraction of sp³-hybridized carbons (Fsp3) is 0.154. The van der Waals surface area contributed by atoms with Gasteiger partial charge >= 0.3 is 5.97 Å². The van der Waals surface area contributed by atoms with Crippen molar-refractivity contribution in [1.82, 2.24) is 4.98 Å². The van der Waals surface area contributed by atoms with E-state index >= 15 is 0 Å². The highest BCUT2D eigenvalue weighted by atomic mass is 32.1. The van der Waals surface area contributed by atoms with Crippen LogP contribution >= 0.6 is 11.3 Å². The number of aromatic nitrogens is 1. The van der Waals surface area contributed by atoms with Crippen molar-refractivity contribution in [1.29, 1.82) is 0 Å². The molecule has 0 saturated carbocycles. The van der Waals surface area contributed by atoms with Crippen LogP contribution in [0.1, 0.15) is 20.9 Å². The minimum atomic E-state index is -0.891. The van der Waals surface area contributed by atoms with Gasteiger partial charge in [-0.1, -0.05) is 0 Å². The first-order valence-electron chi connectivity index (χ1n) is 5.72. The molecule has 2 aromatic heterocycles. The zero-order valence-corrected chi connectivity index (χ0v) is 11.0. The molecule has 19 heavy (non-hydrogen) atoms. The van der Waals surface area contributed by atoms with E-state index in [-0.39, 0.29) is 0 Å². The van der Waals surface area contributed by atoms with Crippen molar-refractivity contribution in [2.75, 3.05) is 19.0 Å². The molecule has 0 amide bonds. The average Bonchev–Trinajstić information content (AvgIpc) is 3.06. The quantitative estimate of drug-likeness (QED) is 0.806. The normalized spacial score (nSPS) is 15.3. The molecule has 0 atom stereocenters. The number of H-pyrrole nitrogens is 1. The molecule has 3 rings (SSSR count). The number of nitrogens with one attached hydrogen (secondary N) is 2. The lowest BCUT2D eigenvalue weighted by Gasteiger charge is -2.00. The van der Waals surface area contributed by atoms with Gasteiger partial charge in [0.25, 0.3) is 0 Å². The summed E-state index contributed by atoms with van der Waals surface area (Å²) in [6, 6.07) is 3.57. The molecule has 0 spiro atoms. The van der Waals surface area contributed by atoms with E-state index in [1.807, 2.05) is 18.3 Å². The molecule has 2 aromatic rings. The van der Waals surface area contributed by atoms with Crippen LogP contribution in [0.5, 0.6) is 5.75 Å². The Morgan fingerprint density at radius 3 is 3.16 bits per heavy atom. The lowest BCUT2D eigenvalue weighted by Crippen LogP contribution is -1.95. The van der Waals surface area contributed by atoms with Crippen molar-refractivity contribution in [3.05, 3.63) is 34.5 Å². The Balaban J connectivity index is 1.99. The second-order valence-corrected chi connectivity index (χ2v) is 5.19. The molecule has 5 nitrogen and oxygen atoms in total. The molecule has 1 aliphatic rings. The summed E-state index contributed by atoms with van der Waals surface area (Å²) in [4.78, 5) is 14.4. The van der Waals surface area contributed by atoms with E-state index < -0.39 is 5.97 Å². The van der Waals surface area contributed by atoms with Crippen LogP contribution in [0.15, 0.2) is 18.3 Å². The van der Waals surface area contributed by atoms with Gasteiger partial charge < -0.3 is 20.1 Å². The first-order valence-corrected chi connectivity index (χ1v) is 6.54. The number of hydrogen-bond donors (Lipinski definition) is 3. The predicted octanol–water partition coefficient (Wildman–Crippen LogP) is 2.75. The number of ether oxygens (including phenoxy) is 1. The Kier molecular flexibility index (Phi) is 2.79. The first kappa shape index (κ1) is 11.9. The Bertz CT molecular complexity index is 669. The number of hydrogen-bond acceptors (Lipinski definition) is 4. The summed E-state index contributed by atoms with van der Waals surface area (Å²) in [6.45, 7) is 0.698. The minimum absolute atomic E-state index is 0.349. The molecule has 0 fully saturated rings. The van der Waals surface area contributed by atoms with Crippen LogP contribution < -0.4 is 10.1 Å². The van der Waals surface area contributed by atoms with E-state index in [9.17, 15) is 4.79 Å². The maximum atomic E-state index is 11.0. The third kappa shape index (κ3) is 2.00. The van der Waals surface area contributed by atoms with E-state index in [0.29, 0.717) is 11.4 Å². The number of fused-ring (bicyclic) bond motifs is 1. The number of carbonyl (C=O) groups is 1. The maximum absolute atomic E-state index is 11.0. The number of carboxylic acid groups (broad SMARTS) is 1. The van der Waals surface area contributed by atoms with Crippen molar-refractivity contribution in [3.63, 3.8) is 0 Å². The maximum Gasteiger partial charge on any atom is 0.345 e. The molecule has 1 aliphatic heterocycles. The average molecular weight is 276 g/mol. The molecule has 3 N–H and O–H groups in total. The molecular weight excluding hydrogens is 264 g/mol. The topological polar surface area (TPSA) is 74.3 Å². The standard InChI is InChI=1S/C13H12N2O3S/c1-18-10-2-3-14-9(10)4-7-6-15-12-8(7)5-11(19-12)13(16)17/h2-5,14-15H,6H2,1H3,(H,16,17)/b7-4-. The predicted molar refractivity (Wildman–Crippen MR) is 75.0 cm³/mol. The van der Waals surface area contributed by atoms with Gasteiger partial charge in [0.15, 0.2) is 0 Å².